The molecule has 25 heavy (non-hydrogen) atoms. The maximum absolute atomic E-state index is 12.3. The minimum absolute atomic E-state index is 0.0526. The first-order valence-corrected chi connectivity index (χ1v) is 11.0. The molecule has 3 rings (SSSR count). The van der Waals surface area contributed by atoms with E-state index in [4.69, 9.17) is 11.6 Å². The Morgan fingerprint density at radius 3 is 2.64 bits per heavy atom. The van der Waals surface area contributed by atoms with E-state index in [0.717, 1.165) is 17.7 Å². The summed E-state index contributed by atoms with van der Waals surface area (Å²) in [6.45, 7) is 0. The van der Waals surface area contributed by atoms with E-state index in [-0.39, 0.29) is 29.0 Å². The van der Waals surface area contributed by atoms with Crippen molar-refractivity contribution in [2.45, 2.75) is 28.7 Å². The zero-order chi connectivity index (χ0) is 17.9. The lowest BCUT2D eigenvalue weighted by Gasteiger charge is -2.25. The van der Waals surface area contributed by atoms with Gasteiger partial charge in [-0.25, -0.2) is 8.42 Å². The van der Waals surface area contributed by atoms with Crippen LogP contribution in [-0.4, -0.2) is 25.8 Å². The van der Waals surface area contributed by atoms with Crippen molar-refractivity contribution in [1.29, 1.82) is 0 Å². The monoisotopic (exact) mass is 395 g/mol. The van der Waals surface area contributed by atoms with Crippen molar-refractivity contribution in [3.8, 4) is 0 Å². The summed E-state index contributed by atoms with van der Waals surface area (Å²) in [6, 6.07) is 13.9. The van der Waals surface area contributed by atoms with E-state index in [1.807, 2.05) is 24.3 Å². The second-order valence-electron chi connectivity index (χ2n) is 5.82. The number of rotatable bonds is 5. The third-order valence-electron chi connectivity index (χ3n) is 4.06. The van der Waals surface area contributed by atoms with Crippen molar-refractivity contribution < 1.29 is 13.2 Å². The van der Waals surface area contributed by atoms with Crippen LogP contribution in [0.1, 0.15) is 24.4 Å². The molecule has 0 radical (unpaired) electrons. The maximum atomic E-state index is 12.3. The van der Waals surface area contributed by atoms with Crippen molar-refractivity contribution in [2.75, 3.05) is 11.5 Å². The minimum atomic E-state index is -3.50. The van der Waals surface area contributed by atoms with Gasteiger partial charge in [0.15, 0.2) is 9.84 Å². The Morgan fingerprint density at radius 1 is 1.16 bits per heavy atom. The fourth-order valence-electron chi connectivity index (χ4n) is 2.75. The lowest BCUT2D eigenvalue weighted by Crippen LogP contribution is -2.31. The van der Waals surface area contributed by atoms with Crippen LogP contribution in [0.5, 0.6) is 0 Å². The molecule has 1 heterocycles. The first-order chi connectivity index (χ1) is 12.0. The van der Waals surface area contributed by atoms with Gasteiger partial charge >= 0.3 is 0 Å². The topological polar surface area (TPSA) is 63.2 Å². The summed E-state index contributed by atoms with van der Waals surface area (Å²) in [5.41, 5.74) is 1.10. The van der Waals surface area contributed by atoms with Gasteiger partial charge < -0.3 is 5.32 Å². The molecule has 132 valence electrons. The van der Waals surface area contributed by atoms with E-state index in [0.29, 0.717) is 5.02 Å². The number of benzene rings is 2. The van der Waals surface area contributed by atoms with Gasteiger partial charge in [-0.05, 0) is 42.3 Å². The van der Waals surface area contributed by atoms with E-state index in [1.54, 1.807) is 11.8 Å². The van der Waals surface area contributed by atoms with Gasteiger partial charge in [0.2, 0.25) is 5.91 Å². The first kappa shape index (κ1) is 18.3. The quantitative estimate of drug-likeness (QED) is 0.834. The number of carbonyl (C=O) groups excluding carboxylic acids is 1. The third-order valence-corrected chi connectivity index (χ3v) is 7.17. The van der Waals surface area contributed by atoms with Gasteiger partial charge in [-0.15, -0.1) is 11.8 Å². The predicted molar refractivity (Wildman–Crippen MR) is 101 cm³/mol. The van der Waals surface area contributed by atoms with Crippen LogP contribution >= 0.6 is 23.4 Å². The normalized spacial score (nSPS) is 16.9. The number of sulfone groups is 1. The Balaban J connectivity index is 1.61. The molecule has 1 aliphatic rings. The highest BCUT2D eigenvalue weighted by molar-refractivity contribution is 7.99. The number of amides is 1. The van der Waals surface area contributed by atoms with Crippen LogP contribution in [0.2, 0.25) is 5.02 Å². The molecule has 0 aliphatic carbocycles. The van der Waals surface area contributed by atoms with Crippen LogP contribution in [0.15, 0.2) is 58.3 Å². The molecule has 0 fully saturated rings. The van der Waals surface area contributed by atoms with Crippen LogP contribution in [0, 0.1) is 0 Å². The van der Waals surface area contributed by atoms with Gasteiger partial charge in [0.1, 0.15) is 0 Å². The van der Waals surface area contributed by atoms with Gasteiger partial charge in [0.25, 0.3) is 0 Å². The van der Waals surface area contributed by atoms with Crippen molar-refractivity contribution in [1.82, 2.24) is 5.32 Å². The molecule has 1 N–H and O–H groups in total. The Bertz CT molecular complexity index is 866. The van der Waals surface area contributed by atoms with Crippen molar-refractivity contribution in [2.24, 2.45) is 0 Å². The molecular formula is C18H18ClNO3S2. The lowest BCUT2D eigenvalue weighted by molar-refractivity contribution is -0.121. The lowest BCUT2D eigenvalue weighted by atomic mass is 10.0. The molecule has 0 spiro atoms. The summed E-state index contributed by atoms with van der Waals surface area (Å²) in [6.07, 6.45) is 0.786. The van der Waals surface area contributed by atoms with Crippen molar-refractivity contribution in [3.63, 3.8) is 0 Å². The van der Waals surface area contributed by atoms with E-state index in [9.17, 15) is 13.2 Å². The largest absolute Gasteiger partial charge is 0.349 e. The Morgan fingerprint density at radius 2 is 1.88 bits per heavy atom. The van der Waals surface area contributed by atoms with Crippen LogP contribution in [0.25, 0.3) is 0 Å². The molecular weight excluding hydrogens is 378 g/mol. The van der Waals surface area contributed by atoms with Gasteiger partial charge in [0.05, 0.1) is 16.7 Å². The van der Waals surface area contributed by atoms with Crippen LogP contribution in [-0.2, 0) is 14.6 Å². The maximum Gasteiger partial charge on any atom is 0.221 e. The van der Waals surface area contributed by atoms with E-state index >= 15 is 0 Å². The molecule has 1 atom stereocenters. The van der Waals surface area contributed by atoms with Gasteiger partial charge in [-0.2, -0.15) is 0 Å². The molecule has 4 nitrogen and oxygen atoms in total. The van der Waals surface area contributed by atoms with E-state index < -0.39 is 9.84 Å². The zero-order valence-corrected chi connectivity index (χ0v) is 15.8. The molecule has 0 saturated heterocycles. The number of fused-ring (bicyclic) bond motifs is 1. The average Bonchev–Trinajstić information content (AvgIpc) is 2.61. The first-order valence-electron chi connectivity index (χ1n) is 7.95. The summed E-state index contributed by atoms with van der Waals surface area (Å²) in [4.78, 5) is 13.6. The molecule has 1 aliphatic heterocycles. The Hall–Kier alpha value is -1.50. The van der Waals surface area contributed by atoms with Crippen LogP contribution < -0.4 is 5.32 Å². The highest BCUT2D eigenvalue weighted by atomic mass is 35.5. The average molecular weight is 396 g/mol. The number of carbonyl (C=O) groups is 1. The highest BCUT2D eigenvalue weighted by Gasteiger charge is 2.23. The number of hydrogen-bond acceptors (Lipinski definition) is 4. The summed E-state index contributed by atoms with van der Waals surface area (Å²) >= 11 is 7.56. The van der Waals surface area contributed by atoms with Crippen molar-refractivity contribution in [3.05, 3.63) is 59.1 Å². The van der Waals surface area contributed by atoms with Gasteiger partial charge in [0, 0.05) is 22.1 Å². The summed E-state index contributed by atoms with van der Waals surface area (Å²) in [5.74, 6) is 0.471. The summed E-state index contributed by atoms with van der Waals surface area (Å²) < 4.78 is 24.6. The number of nitrogens with one attached hydrogen (secondary N) is 1. The van der Waals surface area contributed by atoms with Crippen LogP contribution in [0.3, 0.4) is 0 Å². The molecule has 2 aromatic rings. The predicted octanol–water partition coefficient (Wildman–Crippen LogP) is 3.86. The fraction of sp³-hybridized carbons (Fsp3) is 0.278. The zero-order valence-electron chi connectivity index (χ0n) is 13.4. The molecule has 2 aromatic carbocycles. The molecule has 0 aromatic heterocycles. The summed E-state index contributed by atoms with van der Waals surface area (Å²) in [7, 11) is -3.50. The molecule has 0 saturated carbocycles. The summed E-state index contributed by atoms with van der Waals surface area (Å²) in [5, 5.41) is 3.45. The van der Waals surface area contributed by atoms with Crippen LogP contribution in [0.4, 0.5) is 0 Å². The second-order valence-corrected chi connectivity index (χ2v) is 9.50. The fourth-order valence-corrected chi connectivity index (χ4v) is 5.24. The SMILES string of the molecule is O=C(CCS(=O)(=O)c1ccc(Cl)cc1)N[C@@H]1CCSc2ccccc21. The smallest absolute Gasteiger partial charge is 0.221 e. The van der Waals surface area contributed by atoms with Gasteiger partial charge in [-0.1, -0.05) is 29.8 Å². The van der Waals surface area contributed by atoms with E-state index in [1.165, 1.54) is 29.2 Å². The third kappa shape index (κ3) is 4.57. The number of thioether (sulfide) groups is 1. The number of hydrogen-bond donors (Lipinski definition) is 1. The highest BCUT2D eigenvalue weighted by Crippen LogP contribution is 2.35. The molecule has 1 amide bonds. The number of halogens is 1. The molecule has 7 heteroatoms. The standard InChI is InChI=1S/C18H18ClNO3S2/c19-13-5-7-14(8-6-13)25(22,23)12-10-18(21)20-16-9-11-24-17-4-2-1-3-15(16)17/h1-8,16H,9-12H2,(H,20,21)/t16-/m1/s1. The molecule has 0 unspecified atom stereocenters. The second kappa shape index (κ2) is 7.81. The van der Waals surface area contributed by atoms with Crippen molar-refractivity contribution >= 4 is 39.1 Å². The molecule has 0 bridgehead atoms. The van der Waals surface area contributed by atoms with E-state index in [2.05, 4.69) is 5.32 Å². The van der Waals surface area contributed by atoms with Gasteiger partial charge in [-0.3, -0.25) is 4.79 Å². The minimum Gasteiger partial charge on any atom is -0.349 e. The Labute approximate surface area is 156 Å². The Kier molecular flexibility index (Phi) is 5.71.